The summed E-state index contributed by atoms with van der Waals surface area (Å²) >= 11 is 0. The molecule has 1 aliphatic rings. The number of aliphatic carboxylic acids is 1. The number of urea groups is 1. The van der Waals surface area contributed by atoms with Crippen LogP contribution in [-0.4, -0.2) is 22.3 Å². The van der Waals surface area contributed by atoms with Gasteiger partial charge in [0.15, 0.2) is 5.76 Å². The van der Waals surface area contributed by atoms with Crippen molar-refractivity contribution in [2.45, 2.75) is 37.9 Å². The van der Waals surface area contributed by atoms with E-state index in [0.29, 0.717) is 42.3 Å². The van der Waals surface area contributed by atoms with Gasteiger partial charge in [0, 0.05) is 17.7 Å². The average molecular weight is 554 g/mol. The molecule has 0 unspecified atom stereocenters. The third kappa shape index (κ3) is 5.27. The SMILES string of the molecule is Cc1noc(-c2ccc(-c3ccc(C4(C(=O)O)CC4)cc3)cc2)c1NC(=O)NCc1cc(C(F)(F)F)ccc1F. The number of alkyl halides is 3. The van der Waals surface area contributed by atoms with Crippen molar-refractivity contribution >= 4 is 17.7 Å². The number of nitrogens with zero attached hydrogens (tertiary/aromatic N) is 1. The molecule has 0 atom stereocenters. The molecule has 1 aliphatic carbocycles. The van der Waals surface area contributed by atoms with Crippen molar-refractivity contribution in [3.63, 3.8) is 0 Å². The maximum Gasteiger partial charge on any atom is 0.416 e. The van der Waals surface area contributed by atoms with Crippen LogP contribution < -0.4 is 10.6 Å². The first kappa shape index (κ1) is 26.9. The molecule has 1 heterocycles. The highest BCUT2D eigenvalue weighted by Gasteiger charge is 2.51. The molecule has 40 heavy (non-hydrogen) atoms. The van der Waals surface area contributed by atoms with Gasteiger partial charge in [-0.05, 0) is 54.7 Å². The lowest BCUT2D eigenvalue weighted by molar-refractivity contribution is -0.140. The fraction of sp³-hybridized carbons (Fsp3) is 0.207. The molecule has 3 aromatic carbocycles. The lowest BCUT2D eigenvalue weighted by atomic mass is 9.93. The van der Waals surface area contributed by atoms with E-state index in [4.69, 9.17) is 4.52 Å². The predicted octanol–water partition coefficient (Wildman–Crippen LogP) is 6.91. The van der Waals surface area contributed by atoms with Crippen molar-refractivity contribution in [1.82, 2.24) is 10.5 Å². The number of carboxylic acids is 1. The summed E-state index contributed by atoms with van der Waals surface area (Å²) in [6, 6.07) is 15.8. The molecule has 5 rings (SSSR count). The first-order valence-electron chi connectivity index (χ1n) is 12.3. The third-order valence-electron chi connectivity index (χ3n) is 6.99. The van der Waals surface area contributed by atoms with E-state index >= 15 is 0 Å². The van der Waals surface area contributed by atoms with Crippen molar-refractivity contribution < 1.29 is 36.8 Å². The van der Waals surface area contributed by atoms with E-state index in [1.807, 2.05) is 36.4 Å². The summed E-state index contributed by atoms with van der Waals surface area (Å²) in [5, 5.41) is 18.3. The second-order valence-corrected chi connectivity index (χ2v) is 9.63. The van der Waals surface area contributed by atoms with Gasteiger partial charge in [0.1, 0.15) is 17.2 Å². The number of nitrogens with one attached hydrogen (secondary N) is 2. The molecule has 0 spiro atoms. The normalized spacial score (nSPS) is 14.0. The number of aromatic nitrogens is 1. The largest absolute Gasteiger partial charge is 0.481 e. The Morgan fingerprint density at radius 1 is 0.975 bits per heavy atom. The number of hydrogen-bond donors (Lipinski definition) is 3. The molecular weight excluding hydrogens is 530 g/mol. The zero-order valence-corrected chi connectivity index (χ0v) is 21.1. The fourth-order valence-corrected chi connectivity index (χ4v) is 4.48. The molecule has 1 aromatic heterocycles. The summed E-state index contributed by atoms with van der Waals surface area (Å²) in [6.07, 6.45) is -3.38. The highest BCUT2D eigenvalue weighted by atomic mass is 19.4. The van der Waals surface area contributed by atoms with Crippen molar-refractivity contribution in [1.29, 1.82) is 0 Å². The van der Waals surface area contributed by atoms with Crippen LogP contribution in [0.1, 0.15) is 35.2 Å². The first-order chi connectivity index (χ1) is 19.0. The number of carbonyl (C=O) groups is 2. The van der Waals surface area contributed by atoms with Crippen LogP contribution in [-0.2, 0) is 22.9 Å². The Hall–Kier alpha value is -4.67. The van der Waals surface area contributed by atoms with Crippen molar-refractivity contribution in [2.75, 3.05) is 5.32 Å². The highest BCUT2D eigenvalue weighted by Crippen LogP contribution is 2.48. The molecule has 0 radical (unpaired) electrons. The van der Waals surface area contributed by atoms with Crippen molar-refractivity contribution in [3.8, 4) is 22.5 Å². The van der Waals surface area contributed by atoms with Gasteiger partial charge in [0.25, 0.3) is 0 Å². The number of carbonyl (C=O) groups excluding carboxylic acids is 1. The highest BCUT2D eigenvalue weighted by molar-refractivity contribution is 5.94. The van der Waals surface area contributed by atoms with Crippen LogP contribution in [0, 0.1) is 12.7 Å². The van der Waals surface area contributed by atoms with Crippen LogP contribution in [0.5, 0.6) is 0 Å². The molecular formula is C29H23F4N3O4. The number of carboxylic acid groups (broad SMARTS) is 1. The van der Waals surface area contributed by atoms with E-state index in [0.717, 1.165) is 16.7 Å². The Bertz CT molecular complexity index is 1570. The summed E-state index contributed by atoms with van der Waals surface area (Å²) in [6.45, 7) is 1.14. The minimum atomic E-state index is -4.64. The van der Waals surface area contributed by atoms with Gasteiger partial charge in [-0.25, -0.2) is 9.18 Å². The number of amides is 2. The second kappa shape index (κ2) is 10.1. The minimum absolute atomic E-state index is 0.252. The Morgan fingerprint density at radius 2 is 1.57 bits per heavy atom. The molecule has 4 aromatic rings. The van der Waals surface area contributed by atoms with Crippen molar-refractivity contribution in [3.05, 3.63) is 94.9 Å². The smallest absolute Gasteiger partial charge is 0.416 e. The fourth-order valence-electron chi connectivity index (χ4n) is 4.48. The van der Waals surface area contributed by atoms with Crippen LogP contribution in [0.2, 0.25) is 0 Å². The van der Waals surface area contributed by atoms with Crippen LogP contribution >= 0.6 is 0 Å². The molecule has 1 saturated carbocycles. The average Bonchev–Trinajstić information content (AvgIpc) is 3.67. The summed E-state index contributed by atoms with van der Waals surface area (Å²) in [7, 11) is 0. The Balaban J connectivity index is 1.27. The molecule has 0 bridgehead atoms. The summed E-state index contributed by atoms with van der Waals surface area (Å²) < 4.78 is 58.3. The van der Waals surface area contributed by atoms with Gasteiger partial charge in [0.2, 0.25) is 0 Å². The number of anilines is 1. The topological polar surface area (TPSA) is 104 Å². The van der Waals surface area contributed by atoms with Gasteiger partial charge < -0.3 is 20.3 Å². The number of aryl methyl sites for hydroxylation is 1. The number of rotatable bonds is 7. The van der Waals surface area contributed by atoms with Crippen LogP contribution in [0.15, 0.2) is 71.3 Å². The molecule has 2 amide bonds. The van der Waals surface area contributed by atoms with E-state index in [2.05, 4.69) is 15.8 Å². The second-order valence-electron chi connectivity index (χ2n) is 9.63. The Morgan fingerprint density at radius 3 is 2.15 bits per heavy atom. The Kier molecular flexibility index (Phi) is 6.82. The molecule has 206 valence electrons. The molecule has 1 fully saturated rings. The molecule has 3 N–H and O–H groups in total. The molecule has 0 saturated heterocycles. The summed E-state index contributed by atoms with van der Waals surface area (Å²) in [5.74, 6) is -1.43. The van der Waals surface area contributed by atoms with Gasteiger partial charge in [0.05, 0.1) is 11.0 Å². The van der Waals surface area contributed by atoms with E-state index in [1.54, 1.807) is 19.1 Å². The lowest BCUT2D eigenvalue weighted by Crippen LogP contribution is -2.29. The van der Waals surface area contributed by atoms with Gasteiger partial charge in [-0.3, -0.25) is 4.79 Å². The van der Waals surface area contributed by atoms with Crippen LogP contribution in [0.4, 0.5) is 28.0 Å². The number of halogens is 4. The third-order valence-corrected chi connectivity index (χ3v) is 6.99. The molecule has 7 nitrogen and oxygen atoms in total. The summed E-state index contributed by atoms with van der Waals surface area (Å²) in [4.78, 5) is 24.1. The number of hydrogen-bond acceptors (Lipinski definition) is 4. The summed E-state index contributed by atoms with van der Waals surface area (Å²) in [5.41, 5.74) is 1.66. The van der Waals surface area contributed by atoms with Crippen LogP contribution in [0.25, 0.3) is 22.5 Å². The van der Waals surface area contributed by atoms with Crippen molar-refractivity contribution in [2.24, 2.45) is 0 Å². The van der Waals surface area contributed by atoms with Crippen LogP contribution in [0.3, 0.4) is 0 Å². The molecule has 11 heteroatoms. The van der Waals surface area contributed by atoms with E-state index in [9.17, 15) is 32.3 Å². The molecule has 0 aliphatic heterocycles. The maximum absolute atomic E-state index is 14.0. The van der Waals surface area contributed by atoms with E-state index in [1.165, 1.54) is 0 Å². The van der Waals surface area contributed by atoms with E-state index in [-0.39, 0.29) is 17.0 Å². The lowest BCUT2D eigenvalue weighted by Gasteiger charge is -2.12. The van der Waals surface area contributed by atoms with Gasteiger partial charge in [-0.2, -0.15) is 13.2 Å². The maximum atomic E-state index is 14.0. The van der Waals surface area contributed by atoms with Gasteiger partial charge in [-0.15, -0.1) is 0 Å². The monoisotopic (exact) mass is 553 g/mol. The Labute approximate surface area is 225 Å². The van der Waals surface area contributed by atoms with Gasteiger partial charge >= 0.3 is 18.2 Å². The zero-order chi connectivity index (χ0) is 28.7. The number of benzene rings is 3. The zero-order valence-electron chi connectivity index (χ0n) is 21.1. The first-order valence-corrected chi connectivity index (χ1v) is 12.3. The minimum Gasteiger partial charge on any atom is -0.481 e. The quantitative estimate of drug-likeness (QED) is 0.216. The standard InChI is InChI=1S/C29H23F4N3O4/c1-16-24(35-27(39)34-15-20-14-22(29(31,32)33)10-11-23(20)30)25(40-36-16)19-4-2-17(3-5-19)18-6-8-21(9-7-18)28(12-13-28)26(37)38/h2-11,14H,12-13,15H2,1H3,(H,37,38)(H2,34,35,39). The predicted molar refractivity (Wildman–Crippen MR) is 138 cm³/mol. The van der Waals surface area contributed by atoms with Gasteiger partial charge in [-0.1, -0.05) is 53.7 Å². The van der Waals surface area contributed by atoms with E-state index < -0.39 is 41.5 Å².